The molecule has 2 fully saturated rings. The van der Waals surface area contributed by atoms with Gasteiger partial charge >= 0.3 is 0 Å². The smallest absolute Gasteiger partial charge is 0.0238 e. The Morgan fingerprint density at radius 3 is 2.31 bits per heavy atom. The van der Waals surface area contributed by atoms with Crippen molar-refractivity contribution in [1.82, 2.24) is 0 Å². The van der Waals surface area contributed by atoms with Gasteiger partial charge in [-0.25, -0.2) is 0 Å². The molecule has 0 saturated heterocycles. The van der Waals surface area contributed by atoms with Gasteiger partial charge in [0.15, 0.2) is 0 Å². The van der Waals surface area contributed by atoms with E-state index in [4.69, 9.17) is 0 Å². The molecule has 2 aliphatic carbocycles. The molecule has 5 atom stereocenters. The standard InChI is InChI=1S/C16H30/c1-7-8-12-9-10-13-14(15(3,4)5)11(2)16(12,13)6/h11-14H,7-10H2,1-6H3. The van der Waals surface area contributed by atoms with Crippen molar-refractivity contribution >= 4 is 0 Å². The summed E-state index contributed by atoms with van der Waals surface area (Å²) in [7, 11) is 0. The second-order valence-electron chi connectivity index (χ2n) is 7.72. The van der Waals surface area contributed by atoms with Gasteiger partial charge in [0.1, 0.15) is 0 Å². The summed E-state index contributed by atoms with van der Waals surface area (Å²) < 4.78 is 0. The van der Waals surface area contributed by atoms with E-state index >= 15 is 0 Å². The zero-order valence-electron chi connectivity index (χ0n) is 12.1. The molecule has 0 heterocycles. The van der Waals surface area contributed by atoms with E-state index in [0.29, 0.717) is 10.8 Å². The Balaban J connectivity index is 2.16. The van der Waals surface area contributed by atoms with Crippen molar-refractivity contribution in [3.63, 3.8) is 0 Å². The average Bonchev–Trinajstić information content (AvgIpc) is 2.42. The van der Waals surface area contributed by atoms with Crippen LogP contribution in [0.2, 0.25) is 0 Å². The van der Waals surface area contributed by atoms with Crippen molar-refractivity contribution in [3.8, 4) is 0 Å². The summed E-state index contributed by atoms with van der Waals surface area (Å²) in [6, 6.07) is 0. The van der Waals surface area contributed by atoms with E-state index < -0.39 is 0 Å². The van der Waals surface area contributed by atoms with Gasteiger partial charge < -0.3 is 0 Å². The summed E-state index contributed by atoms with van der Waals surface area (Å²) >= 11 is 0. The molecule has 0 aromatic carbocycles. The van der Waals surface area contributed by atoms with Gasteiger partial charge in [0, 0.05) is 0 Å². The second kappa shape index (κ2) is 3.75. The third-order valence-electron chi connectivity index (χ3n) is 6.10. The van der Waals surface area contributed by atoms with E-state index in [1.165, 1.54) is 25.7 Å². The van der Waals surface area contributed by atoms with E-state index in [-0.39, 0.29) is 0 Å². The summed E-state index contributed by atoms with van der Waals surface area (Å²) in [6.07, 6.45) is 5.85. The van der Waals surface area contributed by atoms with E-state index in [1.54, 1.807) is 0 Å². The first-order valence-corrected chi connectivity index (χ1v) is 7.33. The highest BCUT2D eigenvalue weighted by Gasteiger charge is 2.64. The Morgan fingerprint density at radius 2 is 1.81 bits per heavy atom. The topological polar surface area (TPSA) is 0 Å². The lowest BCUT2D eigenvalue weighted by Crippen LogP contribution is -2.58. The molecule has 2 aliphatic rings. The van der Waals surface area contributed by atoms with Crippen LogP contribution in [0.25, 0.3) is 0 Å². The number of fused-ring (bicyclic) bond motifs is 1. The summed E-state index contributed by atoms with van der Waals surface area (Å²) in [6.45, 7) is 14.8. The van der Waals surface area contributed by atoms with Crippen molar-refractivity contribution in [2.45, 2.75) is 67.2 Å². The van der Waals surface area contributed by atoms with E-state index in [2.05, 4.69) is 41.5 Å². The van der Waals surface area contributed by atoms with Gasteiger partial charge in [0.2, 0.25) is 0 Å². The van der Waals surface area contributed by atoms with Crippen LogP contribution in [0.1, 0.15) is 67.2 Å². The van der Waals surface area contributed by atoms with Gasteiger partial charge in [-0.15, -0.1) is 0 Å². The molecular weight excluding hydrogens is 192 g/mol. The van der Waals surface area contributed by atoms with Crippen molar-refractivity contribution in [1.29, 1.82) is 0 Å². The molecule has 0 bridgehead atoms. The molecule has 94 valence electrons. The van der Waals surface area contributed by atoms with Crippen LogP contribution in [0.4, 0.5) is 0 Å². The minimum atomic E-state index is 0.519. The van der Waals surface area contributed by atoms with Gasteiger partial charge in [-0.05, 0) is 47.3 Å². The molecule has 0 N–H and O–H groups in total. The Morgan fingerprint density at radius 1 is 1.19 bits per heavy atom. The molecular formula is C16H30. The summed E-state index contributed by atoms with van der Waals surface area (Å²) in [4.78, 5) is 0. The highest BCUT2D eigenvalue weighted by atomic mass is 14.7. The van der Waals surface area contributed by atoms with Crippen LogP contribution < -0.4 is 0 Å². The van der Waals surface area contributed by atoms with Crippen molar-refractivity contribution in [3.05, 3.63) is 0 Å². The van der Waals surface area contributed by atoms with Crippen molar-refractivity contribution in [2.24, 2.45) is 34.5 Å². The maximum absolute atomic E-state index is 2.60. The van der Waals surface area contributed by atoms with Crippen LogP contribution in [0.3, 0.4) is 0 Å². The van der Waals surface area contributed by atoms with E-state index in [1.807, 2.05) is 0 Å². The van der Waals surface area contributed by atoms with Crippen molar-refractivity contribution < 1.29 is 0 Å². The zero-order valence-corrected chi connectivity index (χ0v) is 12.1. The Labute approximate surface area is 102 Å². The molecule has 0 radical (unpaired) electrons. The van der Waals surface area contributed by atoms with Gasteiger partial charge in [-0.3, -0.25) is 0 Å². The normalized spacial score (nSPS) is 47.6. The van der Waals surface area contributed by atoms with Crippen LogP contribution in [-0.2, 0) is 0 Å². The quantitative estimate of drug-likeness (QED) is 0.607. The maximum Gasteiger partial charge on any atom is -0.0238 e. The van der Waals surface area contributed by atoms with Crippen molar-refractivity contribution in [2.75, 3.05) is 0 Å². The molecule has 0 heteroatoms. The van der Waals surface area contributed by atoms with Gasteiger partial charge in [-0.2, -0.15) is 0 Å². The fraction of sp³-hybridized carbons (Fsp3) is 1.00. The predicted molar refractivity (Wildman–Crippen MR) is 71.3 cm³/mol. The third-order valence-corrected chi connectivity index (χ3v) is 6.10. The van der Waals surface area contributed by atoms with E-state index in [0.717, 1.165) is 23.7 Å². The highest BCUT2D eigenvalue weighted by molar-refractivity contribution is 5.12. The molecule has 0 aliphatic heterocycles. The lowest BCUT2D eigenvalue weighted by molar-refractivity contribution is -0.151. The second-order valence-corrected chi connectivity index (χ2v) is 7.72. The molecule has 16 heavy (non-hydrogen) atoms. The molecule has 0 nitrogen and oxygen atoms in total. The fourth-order valence-corrected chi connectivity index (χ4v) is 5.36. The molecule has 0 aromatic rings. The molecule has 0 aromatic heterocycles. The highest BCUT2D eigenvalue weighted by Crippen LogP contribution is 2.71. The summed E-state index contributed by atoms with van der Waals surface area (Å²) in [5.41, 5.74) is 1.21. The lowest BCUT2D eigenvalue weighted by atomic mass is 9.42. The Kier molecular flexibility index (Phi) is 2.92. The molecule has 0 amide bonds. The van der Waals surface area contributed by atoms with Gasteiger partial charge in [-0.1, -0.05) is 54.4 Å². The monoisotopic (exact) mass is 222 g/mol. The Bertz CT molecular complexity index is 260. The first kappa shape index (κ1) is 12.5. The number of rotatable bonds is 2. The Hall–Kier alpha value is 0. The minimum Gasteiger partial charge on any atom is -0.0654 e. The predicted octanol–water partition coefficient (Wildman–Crippen LogP) is 5.13. The van der Waals surface area contributed by atoms with Crippen LogP contribution in [0, 0.1) is 34.5 Å². The summed E-state index contributed by atoms with van der Waals surface area (Å²) in [5, 5.41) is 0. The number of hydrogen-bond acceptors (Lipinski definition) is 0. The van der Waals surface area contributed by atoms with Gasteiger partial charge in [0.05, 0.1) is 0 Å². The summed E-state index contributed by atoms with van der Waals surface area (Å²) in [5.74, 6) is 3.96. The minimum absolute atomic E-state index is 0.519. The SMILES string of the molecule is CCCC1CCC2C(C(C)(C)C)C(C)C12C. The van der Waals surface area contributed by atoms with Gasteiger partial charge in [0.25, 0.3) is 0 Å². The van der Waals surface area contributed by atoms with Crippen LogP contribution >= 0.6 is 0 Å². The molecule has 2 rings (SSSR count). The average molecular weight is 222 g/mol. The third kappa shape index (κ3) is 1.48. The molecule has 0 spiro atoms. The van der Waals surface area contributed by atoms with E-state index in [9.17, 15) is 0 Å². The maximum atomic E-state index is 2.60. The zero-order chi connectivity index (χ0) is 12.1. The largest absolute Gasteiger partial charge is 0.0654 e. The van der Waals surface area contributed by atoms with Crippen LogP contribution in [0.15, 0.2) is 0 Å². The number of hydrogen-bond donors (Lipinski definition) is 0. The van der Waals surface area contributed by atoms with Crippen LogP contribution in [-0.4, -0.2) is 0 Å². The molecule has 2 saturated carbocycles. The fourth-order valence-electron chi connectivity index (χ4n) is 5.36. The first-order valence-electron chi connectivity index (χ1n) is 7.33. The van der Waals surface area contributed by atoms with Crippen LogP contribution in [0.5, 0.6) is 0 Å². The molecule has 5 unspecified atom stereocenters. The lowest BCUT2D eigenvalue weighted by Gasteiger charge is -2.63. The first-order chi connectivity index (χ1) is 7.33.